The third-order valence-electron chi connectivity index (χ3n) is 2.09. The highest BCUT2D eigenvalue weighted by molar-refractivity contribution is 14.1. The average Bonchev–Trinajstić information content (AvgIpc) is 2.14. The number of nitrogens with two attached hydrogens (primary N) is 1. The predicted octanol–water partition coefficient (Wildman–Crippen LogP) is 2.87. The van der Waals surface area contributed by atoms with E-state index in [-0.39, 0.29) is 5.82 Å². The second-order valence-electron chi connectivity index (χ2n) is 3.09. The van der Waals surface area contributed by atoms with Crippen LogP contribution in [-0.4, -0.2) is 4.98 Å². The Morgan fingerprint density at radius 2 is 2.14 bits per heavy atom. The lowest BCUT2D eigenvalue weighted by Gasteiger charge is -2.06. The van der Waals surface area contributed by atoms with Crippen molar-refractivity contribution in [2.75, 3.05) is 5.73 Å². The van der Waals surface area contributed by atoms with Crippen LogP contribution < -0.4 is 5.73 Å². The highest BCUT2D eigenvalue weighted by atomic mass is 127. The molecule has 0 radical (unpaired) electrons. The van der Waals surface area contributed by atoms with E-state index in [9.17, 15) is 4.39 Å². The number of hydrogen-bond donors (Lipinski definition) is 1. The van der Waals surface area contributed by atoms with Crippen molar-refractivity contribution < 1.29 is 4.39 Å². The molecular weight excluding hydrogens is 294 g/mol. The Kier molecular flexibility index (Phi) is 2.30. The summed E-state index contributed by atoms with van der Waals surface area (Å²) in [4.78, 5) is 4.27. The van der Waals surface area contributed by atoms with Gasteiger partial charge in [-0.3, -0.25) is 4.98 Å². The third kappa shape index (κ3) is 1.43. The Morgan fingerprint density at radius 1 is 1.43 bits per heavy atom. The van der Waals surface area contributed by atoms with Crippen molar-refractivity contribution in [1.82, 2.24) is 4.98 Å². The van der Waals surface area contributed by atoms with Gasteiger partial charge in [-0.1, -0.05) is 0 Å². The van der Waals surface area contributed by atoms with E-state index in [1.165, 1.54) is 12.1 Å². The van der Waals surface area contributed by atoms with Crippen LogP contribution in [0.3, 0.4) is 0 Å². The quantitative estimate of drug-likeness (QED) is 0.760. The average molecular weight is 302 g/mol. The molecule has 0 saturated carbocycles. The Bertz CT molecular complexity index is 511. The highest BCUT2D eigenvalue weighted by Gasteiger charge is 2.07. The molecule has 0 spiro atoms. The molecule has 0 saturated heterocycles. The molecular formula is C10H8FIN2. The first-order chi connectivity index (χ1) is 6.59. The predicted molar refractivity (Wildman–Crippen MR) is 63.6 cm³/mol. The SMILES string of the molecule is Cc1nc2cc(F)ccc2c(N)c1I. The summed E-state index contributed by atoms with van der Waals surface area (Å²) in [7, 11) is 0. The molecule has 0 aliphatic heterocycles. The van der Waals surface area contributed by atoms with Crippen molar-refractivity contribution >= 4 is 39.2 Å². The van der Waals surface area contributed by atoms with Crippen molar-refractivity contribution in [2.24, 2.45) is 0 Å². The molecule has 0 aliphatic rings. The van der Waals surface area contributed by atoms with Gasteiger partial charge in [0.15, 0.2) is 0 Å². The van der Waals surface area contributed by atoms with Crippen molar-refractivity contribution in [3.63, 3.8) is 0 Å². The summed E-state index contributed by atoms with van der Waals surface area (Å²) in [5, 5.41) is 0.807. The fourth-order valence-corrected chi connectivity index (χ4v) is 1.78. The zero-order chi connectivity index (χ0) is 10.3. The molecule has 0 atom stereocenters. The van der Waals surface area contributed by atoms with E-state index in [0.29, 0.717) is 11.2 Å². The molecule has 0 amide bonds. The van der Waals surface area contributed by atoms with Crippen LogP contribution >= 0.6 is 22.6 Å². The van der Waals surface area contributed by atoms with Crippen LogP contribution in [0.25, 0.3) is 10.9 Å². The lowest BCUT2D eigenvalue weighted by Crippen LogP contribution is -1.97. The smallest absolute Gasteiger partial charge is 0.125 e. The molecule has 2 nitrogen and oxygen atoms in total. The molecule has 14 heavy (non-hydrogen) atoms. The maximum atomic E-state index is 12.9. The van der Waals surface area contributed by atoms with Crippen molar-refractivity contribution in [3.8, 4) is 0 Å². The summed E-state index contributed by atoms with van der Waals surface area (Å²) < 4.78 is 13.9. The summed E-state index contributed by atoms with van der Waals surface area (Å²) in [6, 6.07) is 4.45. The van der Waals surface area contributed by atoms with Gasteiger partial charge in [0.25, 0.3) is 0 Å². The van der Waals surface area contributed by atoms with Crippen LogP contribution in [0.4, 0.5) is 10.1 Å². The fraction of sp³-hybridized carbons (Fsp3) is 0.100. The Morgan fingerprint density at radius 3 is 2.86 bits per heavy atom. The van der Waals surface area contributed by atoms with E-state index in [1.54, 1.807) is 6.07 Å². The molecule has 0 fully saturated rings. The molecule has 1 heterocycles. The van der Waals surface area contributed by atoms with E-state index in [2.05, 4.69) is 27.6 Å². The zero-order valence-corrected chi connectivity index (χ0v) is 9.67. The molecule has 4 heteroatoms. The van der Waals surface area contributed by atoms with Crippen LogP contribution in [0, 0.1) is 16.3 Å². The van der Waals surface area contributed by atoms with Crippen LogP contribution in [0.1, 0.15) is 5.69 Å². The van der Waals surface area contributed by atoms with Crippen molar-refractivity contribution in [1.29, 1.82) is 0 Å². The molecule has 2 aromatic rings. The number of benzene rings is 1. The summed E-state index contributed by atoms with van der Waals surface area (Å²) in [6.07, 6.45) is 0. The van der Waals surface area contributed by atoms with Crippen molar-refractivity contribution in [3.05, 3.63) is 33.3 Å². The molecule has 1 aromatic carbocycles. The van der Waals surface area contributed by atoms with Gasteiger partial charge < -0.3 is 5.73 Å². The first kappa shape index (κ1) is 9.64. The van der Waals surface area contributed by atoms with Crippen LogP contribution in [0.15, 0.2) is 18.2 Å². The summed E-state index contributed by atoms with van der Waals surface area (Å²) in [5.41, 5.74) is 8.02. The minimum atomic E-state index is -0.287. The number of nitrogens with zero attached hydrogens (tertiary/aromatic N) is 1. The number of aryl methyl sites for hydroxylation is 1. The number of nitrogen functional groups attached to an aromatic ring is 1. The summed E-state index contributed by atoms with van der Waals surface area (Å²) >= 11 is 2.14. The van der Waals surface area contributed by atoms with Gasteiger partial charge in [-0.2, -0.15) is 0 Å². The molecule has 2 N–H and O–H groups in total. The number of rotatable bonds is 0. The largest absolute Gasteiger partial charge is 0.397 e. The lowest BCUT2D eigenvalue weighted by atomic mass is 10.1. The van der Waals surface area contributed by atoms with Gasteiger partial charge in [-0.15, -0.1) is 0 Å². The highest BCUT2D eigenvalue weighted by Crippen LogP contribution is 2.27. The molecule has 0 unspecified atom stereocenters. The van der Waals surface area contributed by atoms with E-state index < -0.39 is 0 Å². The van der Waals surface area contributed by atoms with Gasteiger partial charge >= 0.3 is 0 Å². The number of halogens is 2. The van der Waals surface area contributed by atoms with E-state index >= 15 is 0 Å². The molecule has 0 aliphatic carbocycles. The van der Waals surface area contributed by atoms with Gasteiger partial charge in [0, 0.05) is 11.5 Å². The number of aromatic nitrogens is 1. The number of pyridine rings is 1. The van der Waals surface area contributed by atoms with Crippen LogP contribution in [-0.2, 0) is 0 Å². The third-order valence-corrected chi connectivity index (χ3v) is 3.45. The maximum Gasteiger partial charge on any atom is 0.125 e. The number of hydrogen-bond acceptors (Lipinski definition) is 2. The van der Waals surface area contributed by atoms with Crippen LogP contribution in [0.2, 0.25) is 0 Å². The lowest BCUT2D eigenvalue weighted by molar-refractivity contribution is 0.629. The Hall–Kier alpha value is -0.910. The maximum absolute atomic E-state index is 12.9. The minimum Gasteiger partial charge on any atom is -0.397 e. The first-order valence-corrected chi connectivity index (χ1v) is 5.18. The summed E-state index contributed by atoms with van der Waals surface area (Å²) in [5.74, 6) is -0.287. The molecule has 1 aromatic heterocycles. The first-order valence-electron chi connectivity index (χ1n) is 4.10. The summed E-state index contributed by atoms with van der Waals surface area (Å²) in [6.45, 7) is 1.86. The second-order valence-corrected chi connectivity index (χ2v) is 4.17. The van der Waals surface area contributed by atoms with Gasteiger partial charge in [0.1, 0.15) is 5.82 Å². The molecule has 2 rings (SSSR count). The number of anilines is 1. The Labute approximate surface area is 94.5 Å². The standard InChI is InChI=1S/C10H8FIN2/c1-5-9(12)10(13)7-3-2-6(11)4-8(7)14-5/h2-4H,1H3,(H2,13,14). The zero-order valence-electron chi connectivity index (χ0n) is 7.51. The van der Waals surface area contributed by atoms with Crippen LogP contribution in [0.5, 0.6) is 0 Å². The van der Waals surface area contributed by atoms with Gasteiger partial charge in [-0.25, -0.2) is 4.39 Å². The normalized spacial score (nSPS) is 10.8. The van der Waals surface area contributed by atoms with E-state index in [1.807, 2.05) is 6.92 Å². The van der Waals surface area contributed by atoms with Crippen molar-refractivity contribution in [2.45, 2.75) is 6.92 Å². The molecule has 72 valence electrons. The minimum absolute atomic E-state index is 0.287. The van der Waals surface area contributed by atoms with Gasteiger partial charge in [0.2, 0.25) is 0 Å². The van der Waals surface area contributed by atoms with Gasteiger partial charge in [0.05, 0.1) is 20.5 Å². The monoisotopic (exact) mass is 302 g/mol. The topological polar surface area (TPSA) is 38.9 Å². The van der Waals surface area contributed by atoms with E-state index in [0.717, 1.165) is 14.7 Å². The molecule has 0 bridgehead atoms. The van der Waals surface area contributed by atoms with E-state index in [4.69, 9.17) is 5.73 Å². The number of fused-ring (bicyclic) bond motifs is 1. The van der Waals surface area contributed by atoms with Gasteiger partial charge in [-0.05, 0) is 41.6 Å². The fourth-order valence-electron chi connectivity index (χ4n) is 1.37. The Balaban J connectivity index is 2.91. The second kappa shape index (κ2) is 3.34.